The molecule has 0 amide bonds. The molecule has 0 aliphatic carbocycles. The van der Waals surface area contributed by atoms with E-state index in [0.29, 0.717) is 18.2 Å². The monoisotopic (exact) mass is 450 g/mol. The van der Waals surface area contributed by atoms with Gasteiger partial charge in [-0.3, -0.25) is 9.69 Å². The van der Waals surface area contributed by atoms with Crippen LogP contribution in [0.3, 0.4) is 0 Å². The van der Waals surface area contributed by atoms with E-state index >= 15 is 0 Å². The SMILES string of the molecule is O=C(O)Cc1ccc(F)cc1OC[C@H](O)CNC1CCN(Cc2ccc(Cl)cc2)CC1. The van der Waals surface area contributed by atoms with Gasteiger partial charge in [0.15, 0.2) is 0 Å². The molecule has 6 nitrogen and oxygen atoms in total. The molecule has 31 heavy (non-hydrogen) atoms. The summed E-state index contributed by atoms with van der Waals surface area (Å²) in [6.45, 7) is 3.14. The van der Waals surface area contributed by atoms with Gasteiger partial charge in [-0.1, -0.05) is 29.8 Å². The fourth-order valence-electron chi connectivity index (χ4n) is 3.66. The molecule has 1 heterocycles. The Morgan fingerprint density at radius 1 is 1.23 bits per heavy atom. The Hall–Kier alpha value is -2.19. The molecule has 0 unspecified atom stereocenters. The largest absolute Gasteiger partial charge is 0.490 e. The van der Waals surface area contributed by atoms with Gasteiger partial charge < -0.3 is 20.3 Å². The molecule has 1 fully saturated rings. The summed E-state index contributed by atoms with van der Waals surface area (Å²) in [5, 5.41) is 23.3. The van der Waals surface area contributed by atoms with Crippen molar-refractivity contribution in [2.75, 3.05) is 26.2 Å². The molecule has 3 N–H and O–H groups in total. The van der Waals surface area contributed by atoms with E-state index < -0.39 is 17.9 Å². The second kappa shape index (κ2) is 11.4. The van der Waals surface area contributed by atoms with E-state index in [2.05, 4.69) is 10.2 Å². The lowest BCUT2D eigenvalue weighted by Crippen LogP contribution is -2.45. The van der Waals surface area contributed by atoms with Crippen LogP contribution in [0, 0.1) is 5.82 Å². The van der Waals surface area contributed by atoms with Crippen LogP contribution >= 0.6 is 11.6 Å². The third-order valence-electron chi connectivity index (χ3n) is 5.35. The highest BCUT2D eigenvalue weighted by Gasteiger charge is 2.20. The number of aliphatic hydroxyl groups is 1. The number of hydrogen-bond acceptors (Lipinski definition) is 5. The van der Waals surface area contributed by atoms with E-state index in [1.165, 1.54) is 17.7 Å². The van der Waals surface area contributed by atoms with E-state index in [-0.39, 0.29) is 18.8 Å². The van der Waals surface area contributed by atoms with Crippen molar-refractivity contribution in [3.63, 3.8) is 0 Å². The fraction of sp³-hybridized carbons (Fsp3) is 0.435. The van der Waals surface area contributed by atoms with E-state index in [0.717, 1.165) is 43.6 Å². The van der Waals surface area contributed by atoms with E-state index in [4.69, 9.17) is 21.4 Å². The first kappa shape index (κ1) is 23.5. The summed E-state index contributed by atoms with van der Waals surface area (Å²) >= 11 is 5.93. The minimum atomic E-state index is -1.03. The number of carboxylic acid groups (broad SMARTS) is 1. The maximum atomic E-state index is 13.5. The maximum absolute atomic E-state index is 13.5. The van der Waals surface area contributed by atoms with Gasteiger partial charge in [-0.05, 0) is 49.7 Å². The number of piperidine rings is 1. The molecule has 8 heteroatoms. The molecular weight excluding hydrogens is 423 g/mol. The van der Waals surface area contributed by atoms with Crippen LogP contribution in [0.2, 0.25) is 5.02 Å². The van der Waals surface area contributed by atoms with Crippen molar-refractivity contribution in [3.8, 4) is 5.75 Å². The van der Waals surface area contributed by atoms with Gasteiger partial charge in [0.1, 0.15) is 24.3 Å². The summed E-state index contributed by atoms with van der Waals surface area (Å²) in [5.74, 6) is -1.39. The first-order chi connectivity index (χ1) is 14.9. The number of hydrogen-bond donors (Lipinski definition) is 3. The van der Waals surface area contributed by atoms with Crippen LogP contribution < -0.4 is 10.1 Å². The zero-order valence-electron chi connectivity index (χ0n) is 17.3. The van der Waals surface area contributed by atoms with Crippen molar-refractivity contribution in [2.24, 2.45) is 0 Å². The fourth-order valence-corrected chi connectivity index (χ4v) is 3.79. The number of carbonyl (C=O) groups is 1. The van der Waals surface area contributed by atoms with Crippen molar-refractivity contribution in [1.82, 2.24) is 10.2 Å². The molecular formula is C23H28ClFN2O4. The Morgan fingerprint density at radius 3 is 2.61 bits per heavy atom. The second-order valence-electron chi connectivity index (χ2n) is 7.87. The first-order valence-corrected chi connectivity index (χ1v) is 10.8. The lowest BCUT2D eigenvalue weighted by molar-refractivity contribution is -0.136. The van der Waals surface area contributed by atoms with Gasteiger partial charge in [0.25, 0.3) is 0 Å². The quantitative estimate of drug-likeness (QED) is 0.516. The number of halogens is 2. The van der Waals surface area contributed by atoms with E-state index in [1.807, 2.05) is 24.3 Å². The van der Waals surface area contributed by atoms with Gasteiger partial charge in [-0.25, -0.2) is 4.39 Å². The Morgan fingerprint density at radius 2 is 1.94 bits per heavy atom. The molecule has 1 aliphatic heterocycles. The first-order valence-electron chi connectivity index (χ1n) is 10.4. The van der Waals surface area contributed by atoms with Crippen LogP contribution in [0.1, 0.15) is 24.0 Å². The molecule has 0 saturated carbocycles. The molecule has 1 saturated heterocycles. The number of aliphatic hydroxyl groups excluding tert-OH is 1. The number of nitrogens with one attached hydrogen (secondary N) is 1. The normalized spacial score (nSPS) is 16.2. The van der Waals surface area contributed by atoms with Crippen molar-refractivity contribution in [2.45, 2.75) is 38.0 Å². The van der Waals surface area contributed by atoms with Crippen molar-refractivity contribution >= 4 is 17.6 Å². The molecule has 1 aliphatic rings. The zero-order chi connectivity index (χ0) is 22.2. The zero-order valence-corrected chi connectivity index (χ0v) is 18.0. The highest BCUT2D eigenvalue weighted by molar-refractivity contribution is 6.30. The number of carboxylic acids is 1. The molecule has 1 atom stereocenters. The summed E-state index contributed by atoms with van der Waals surface area (Å²) in [6.07, 6.45) is 0.910. The van der Waals surface area contributed by atoms with Crippen LogP contribution in [0.15, 0.2) is 42.5 Å². The summed E-state index contributed by atoms with van der Waals surface area (Å²) in [7, 11) is 0. The summed E-state index contributed by atoms with van der Waals surface area (Å²) in [6, 6.07) is 11.9. The van der Waals surface area contributed by atoms with Crippen LogP contribution in [-0.2, 0) is 17.8 Å². The topological polar surface area (TPSA) is 82.0 Å². The van der Waals surface area contributed by atoms with Gasteiger partial charge in [0, 0.05) is 35.8 Å². The maximum Gasteiger partial charge on any atom is 0.307 e. The predicted octanol–water partition coefficient (Wildman–Crippen LogP) is 3.10. The smallest absolute Gasteiger partial charge is 0.307 e. The average molecular weight is 451 g/mol. The molecule has 2 aromatic carbocycles. The number of rotatable bonds is 10. The van der Waals surface area contributed by atoms with Crippen molar-refractivity contribution < 1.29 is 24.1 Å². The molecule has 0 radical (unpaired) electrons. The predicted molar refractivity (Wildman–Crippen MR) is 117 cm³/mol. The van der Waals surface area contributed by atoms with Gasteiger partial charge >= 0.3 is 5.97 Å². The highest BCUT2D eigenvalue weighted by Crippen LogP contribution is 2.21. The van der Waals surface area contributed by atoms with Crippen LogP contribution in [0.5, 0.6) is 5.75 Å². The minimum absolute atomic E-state index is 0.0432. The van der Waals surface area contributed by atoms with Crippen molar-refractivity contribution in [3.05, 3.63) is 64.4 Å². The van der Waals surface area contributed by atoms with Gasteiger partial charge in [0.2, 0.25) is 0 Å². The molecule has 0 spiro atoms. The summed E-state index contributed by atoms with van der Waals surface area (Å²) < 4.78 is 19.0. The molecule has 0 aromatic heterocycles. The van der Waals surface area contributed by atoms with Crippen LogP contribution in [0.25, 0.3) is 0 Å². The number of benzene rings is 2. The lowest BCUT2D eigenvalue weighted by atomic mass is 10.0. The number of ether oxygens (including phenoxy) is 1. The van der Waals surface area contributed by atoms with Gasteiger partial charge in [0.05, 0.1) is 6.42 Å². The second-order valence-corrected chi connectivity index (χ2v) is 8.31. The average Bonchev–Trinajstić information content (AvgIpc) is 2.74. The van der Waals surface area contributed by atoms with Gasteiger partial charge in [-0.15, -0.1) is 0 Å². The lowest BCUT2D eigenvalue weighted by Gasteiger charge is -2.33. The Labute approximate surface area is 186 Å². The molecule has 168 valence electrons. The molecule has 2 aromatic rings. The van der Waals surface area contributed by atoms with Gasteiger partial charge in [-0.2, -0.15) is 0 Å². The van der Waals surface area contributed by atoms with Crippen molar-refractivity contribution in [1.29, 1.82) is 0 Å². The Balaban J connectivity index is 1.38. The minimum Gasteiger partial charge on any atom is -0.490 e. The Kier molecular flexibility index (Phi) is 8.66. The van der Waals surface area contributed by atoms with E-state index in [1.54, 1.807) is 0 Å². The summed E-state index contributed by atoms with van der Waals surface area (Å²) in [5.41, 5.74) is 1.62. The van der Waals surface area contributed by atoms with E-state index in [9.17, 15) is 14.3 Å². The number of aliphatic carboxylic acids is 1. The third-order valence-corrected chi connectivity index (χ3v) is 5.60. The third kappa shape index (κ3) is 7.78. The summed E-state index contributed by atoms with van der Waals surface area (Å²) in [4.78, 5) is 13.3. The Bertz CT molecular complexity index is 857. The highest BCUT2D eigenvalue weighted by atomic mass is 35.5. The molecule has 0 bridgehead atoms. The van der Waals surface area contributed by atoms with Crippen LogP contribution in [0.4, 0.5) is 4.39 Å². The van der Waals surface area contributed by atoms with Crippen LogP contribution in [-0.4, -0.2) is 59.5 Å². The standard InChI is InChI=1S/C23H28ClFN2O4/c24-18-4-1-16(2-5-18)14-27-9-7-20(8-10-27)26-13-21(28)15-31-22-12-19(25)6-3-17(22)11-23(29)30/h1-6,12,20-21,26,28H,7-11,13-15H2,(H,29,30)/t21-/m1/s1. The number of likely N-dealkylation sites (tertiary alicyclic amines) is 1. The number of nitrogens with zero attached hydrogens (tertiary/aromatic N) is 1. The molecule has 3 rings (SSSR count).